The summed E-state index contributed by atoms with van der Waals surface area (Å²) >= 11 is 3.48. The molecule has 0 saturated heterocycles. The van der Waals surface area contributed by atoms with E-state index in [1.807, 2.05) is 31.3 Å². The van der Waals surface area contributed by atoms with Crippen molar-refractivity contribution in [3.05, 3.63) is 46.1 Å². The molecule has 94 valence electrons. The third kappa shape index (κ3) is 2.82. The molecule has 0 radical (unpaired) electrons. The summed E-state index contributed by atoms with van der Waals surface area (Å²) in [6.45, 7) is 4.10. The number of anilines is 3. The zero-order chi connectivity index (χ0) is 13.1. The van der Waals surface area contributed by atoms with Crippen LogP contribution in [0.1, 0.15) is 18.1 Å². The van der Waals surface area contributed by atoms with Crippen LogP contribution >= 0.6 is 15.9 Å². The molecule has 3 nitrogen and oxygen atoms in total. The predicted molar refractivity (Wildman–Crippen MR) is 80.2 cm³/mol. The lowest BCUT2D eigenvalue weighted by Crippen LogP contribution is -2.01. The van der Waals surface area contributed by atoms with Crippen molar-refractivity contribution in [3.8, 4) is 0 Å². The number of pyridine rings is 1. The van der Waals surface area contributed by atoms with Gasteiger partial charge < -0.3 is 11.1 Å². The number of aryl methyl sites for hydroxylation is 2. The summed E-state index contributed by atoms with van der Waals surface area (Å²) in [7, 11) is 0. The van der Waals surface area contributed by atoms with Crippen LogP contribution in [0.4, 0.5) is 17.2 Å². The molecule has 0 atom stereocenters. The Kier molecular flexibility index (Phi) is 3.87. The van der Waals surface area contributed by atoms with Crippen LogP contribution in [0.2, 0.25) is 0 Å². The van der Waals surface area contributed by atoms with Gasteiger partial charge in [-0.05, 0) is 48.7 Å². The lowest BCUT2D eigenvalue weighted by Gasteiger charge is -2.12. The fourth-order valence-electron chi connectivity index (χ4n) is 1.80. The van der Waals surface area contributed by atoms with Crippen molar-refractivity contribution in [2.45, 2.75) is 20.3 Å². The van der Waals surface area contributed by atoms with E-state index in [9.17, 15) is 0 Å². The van der Waals surface area contributed by atoms with Crippen LogP contribution in [-0.4, -0.2) is 4.98 Å². The van der Waals surface area contributed by atoms with Crippen LogP contribution in [0, 0.1) is 6.92 Å². The molecule has 18 heavy (non-hydrogen) atoms. The largest absolute Gasteiger partial charge is 0.396 e. The molecule has 2 aromatic rings. The Morgan fingerprint density at radius 3 is 2.78 bits per heavy atom. The summed E-state index contributed by atoms with van der Waals surface area (Å²) in [6.07, 6.45) is 2.76. The highest BCUT2D eigenvalue weighted by Gasteiger charge is 2.05. The van der Waals surface area contributed by atoms with Crippen molar-refractivity contribution in [2.75, 3.05) is 11.1 Å². The second-order valence-electron chi connectivity index (χ2n) is 4.23. The summed E-state index contributed by atoms with van der Waals surface area (Å²) in [5.41, 5.74) is 9.96. The number of hydrogen-bond acceptors (Lipinski definition) is 3. The number of benzene rings is 1. The van der Waals surface area contributed by atoms with Gasteiger partial charge in [0.2, 0.25) is 0 Å². The van der Waals surface area contributed by atoms with Gasteiger partial charge in [0.25, 0.3) is 0 Å². The average Bonchev–Trinajstić information content (AvgIpc) is 2.34. The van der Waals surface area contributed by atoms with E-state index in [-0.39, 0.29) is 0 Å². The highest BCUT2D eigenvalue weighted by atomic mass is 79.9. The minimum Gasteiger partial charge on any atom is -0.396 e. The third-order valence-corrected chi connectivity index (χ3v) is 3.25. The molecule has 0 aliphatic heterocycles. The van der Waals surface area contributed by atoms with E-state index >= 15 is 0 Å². The van der Waals surface area contributed by atoms with Gasteiger partial charge in [-0.2, -0.15) is 0 Å². The fourth-order valence-corrected chi connectivity index (χ4v) is 2.21. The molecule has 1 heterocycles. The first-order chi connectivity index (χ1) is 8.60. The van der Waals surface area contributed by atoms with Gasteiger partial charge in [0.1, 0.15) is 0 Å². The maximum absolute atomic E-state index is 5.96. The van der Waals surface area contributed by atoms with Crippen molar-refractivity contribution in [1.29, 1.82) is 0 Å². The van der Waals surface area contributed by atoms with Crippen LogP contribution in [0.5, 0.6) is 0 Å². The molecule has 0 fully saturated rings. The van der Waals surface area contributed by atoms with Gasteiger partial charge in [-0.25, -0.2) is 4.98 Å². The number of aromatic nitrogens is 1. The second kappa shape index (κ2) is 5.40. The Labute approximate surface area is 116 Å². The molecule has 0 spiro atoms. The van der Waals surface area contributed by atoms with Gasteiger partial charge in [-0.1, -0.05) is 22.9 Å². The van der Waals surface area contributed by atoms with E-state index in [2.05, 4.69) is 39.2 Å². The minimum absolute atomic E-state index is 0.667. The van der Waals surface area contributed by atoms with E-state index in [4.69, 9.17) is 5.73 Å². The number of halogens is 1. The number of nitrogens with two attached hydrogens (primary N) is 1. The summed E-state index contributed by atoms with van der Waals surface area (Å²) < 4.78 is 1.08. The first-order valence-electron chi connectivity index (χ1n) is 5.87. The fraction of sp³-hybridized carbons (Fsp3) is 0.214. The summed E-state index contributed by atoms with van der Waals surface area (Å²) in [6, 6.07) is 8.06. The van der Waals surface area contributed by atoms with Crippen LogP contribution < -0.4 is 11.1 Å². The summed E-state index contributed by atoms with van der Waals surface area (Å²) in [4.78, 5) is 4.32. The van der Waals surface area contributed by atoms with Crippen molar-refractivity contribution in [1.82, 2.24) is 4.98 Å². The molecule has 0 unspecified atom stereocenters. The molecule has 0 bridgehead atoms. The van der Waals surface area contributed by atoms with Gasteiger partial charge in [-0.15, -0.1) is 0 Å². The highest BCUT2D eigenvalue weighted by Crippen LogP contribution is 2.26. The van der Waals surface area contributed by atoms with Crippen molar-refractivity contribution < 1.29 is 0 Å². The highest BCUT2D eigenvalue weighted by molar-refractivity contribution is 9.10. The van der Waals surface area contributed by atoms with Gasteiger partial charge in [-0.3, -0.25) is 0 Å². The van der Waals surface area contributed by atoms with Crippen molar-refractivity contribution in [2.24, 2.45) is 0 Å². The molecule has 3 N–H and O–H groups in total. The maximum atomic E-state index is 5.96. The lowest BCUT2D eigenvalue weighted by molar-refractivity contribution is 1.13. The van der Waals surface area contributed by atoms with Crippen LogP contribution in [0.3, 0.4) is 0 Å². The molecule has 0 aliphatic rings. The zero-order valence-electron chi connectivity index (χ0n) is 10.5. The lowest BCUT2D eigenvalue weighted by atomic mass is 10.1. The van der Waals surface area contributed by atoms with E-state index < -0.39 is 0 Å². The van der Waals surface area contributed by atoms with Gasteiger partial charge in [0, 0.05) is 16.4 Å². The molecule has 0 saturated carbocycles. The standard InChI is InChI=1S/C14H16BrN3/c1-3-10-7-11(15)4-5-13(10)18-14-12(16)6-9(2)8-17-14/h4-8H,3,16H2,1-2H3,(H,17,18). The summed E-state index contributed by atoms with van der Waals surface area (Å²) in [5, 5.41) is 3.29. The van der Waals surface area contributed by atoms with Crippen LogP contribution in [0.25, 0.3) is 0 Å². The zero-order valence-corrected chi connectivity index (χ0v) is 12.1. The molecule has 1 aromatic heterocycles. The van der Waals surface area contributed by atoms with Crippen LogP contribution in [-0.2, 0) is 6.42 Å². The Morgan fingerprint density at radius 2 is 2.11 bits per heavy atom. The number of nitrogen functional groups attached to an aromatic ring is 1. The van der Waals surface area contributed by atoms with Gasteiger partial charge in [0.05, 0.1) is 5.69 Å². The first-order valence-corrected chi connectivity index (χ1v) is 6.67. The monoisotopic (exact) mass is 305 g/mol. The van der Waals surface area contributed by atoms with E-state index in [0.717, 1.165) is 22.1 Å². The maximum Gasteiger partial charge on any atom is 0.153 e. The smallest absolute Gasteiger partial charge is 0.153 e. The van der Waals surface area contributed by atoms with Crippen molar-refractivity contribution >= 4 is 33.1 Å². The SMILES string of the molecule is CCc1cc(Br)ccc1Nc1ncc(C)cc1N. The van der Waals surface area contributed by atoms with Gasteiger partial charge >= 0.3 is 0 Å². The van der Waals surface area contributed by atoms with Crippen molar-refractivity contribution in [3.63, 3.8) is 0 Å². The average molecular weight is 306 g/mol. The molecular weight excluding hydrogens is 290 g/mol. The minimum atomic E-state index is 0.667. The van der Waals surface area contributed by atoms with Crippen LogP contribution in [0.15, 0.2) is 34.9 Å². The number of rotatable bonds is 3. The molecule has 0 aliphatic carbocycles. The Balaban J connectivity index is 2.33. The van der Waals surface area contributed by atoms with Gasteiger partial charge in [0.15, 0.2) is 5.82 Å². The quantitative estimate of drug-likeness (QED) is 0.899. The third-order valence-electron chi connectivity index (χ3n) is 2.76. The van der Waals surface area contributed by atoms with E-state index in [1.54, 1.807) is 0 Å². The Bertz CT molecular complexity index is 567. The summed E-state index contributed by atoms with van der Waals surface area (Å²) in [5.74, 6) is 0.706. The normalized spacial score (nSPS) is 10.4. The van der Waals surface area contributed by atoms with E-state index in [0.29, 0.717) is 11.5 Å². The number of hydrogen-bond donors (Lipinski definition) is 2. The Hall–Kier alpha value is -1.55. The molecule has 1 aromatic carbocycles. The topological polar surface area (TPSA) is 50.9 Å². The molecule has 4 heteroatoms. The number of nitrogens with one attached hydrogen (secondary N) is 1. The molecular formula is C14H16BrN3. The first kappa shape index (κ1) is 12.9. The predicted octanol–water partition coefficient (Wildman–Crippen LogP) is 4.04. The Morgan fingerprint density at radius 1 is 1.33 bits per heavy atom. The molecule has 2 rings (SSSR count). The van der Waals surface area contributed by atoms with E-state index in [1.165, 1.54) is 5.56 Å². The molecule has 0 amide bonds. The number of nitrogens with zero attached hydrogens (tertiary/aromatic N) is 1. The second-order valence-corrected chi connectivity index (χ2v) is 5.15.